The molecule has 0 aromatic carbocycles. The molecule has 7 heteroatoms. The van der Waals surface area contributed by atoms with Crippen LogP contribution in [0.25, 0.3) is 11.5 Å². The molecule has 0 fully saturated rings. The number of rotatable bonds is 3. The zero-order valence-electron chi connectivity index (χ0n) is 8.37. The second-order valence-corrected chi connectivity index (χ2v) is 4.71. The molecule has 16 heavy (non-hydrogen) atoms. The lowest BCUT2D eigenvalue weighted by atomic mass is 10.3. The summed E-state index contributed by atoms with van der Waals surface area (Å²) in [7, 11) is 0. The van der Waals surface area contributed by atoms with Crippen LogP contribution in [0.3, 0.4) is 0 Å². The summed E-state index contributed by atoms with van der Waals surface area (Å²) in [5.74, 6) is 0.454. The maximum absolute atomic E-state index is 5.00. The van der Waals surface area contributed by atoms with E-state index in [4.69, 9.17) is 4.52 Å². The molecule has 0 aliphatic rings. The van der Waals surface area contributed by atoms with E-state index < -0.39 is 0 Å². The minimum atomic E-state index is 0.397. The highest BCUT2D eigenvalue weighted by molar-refractivity contribution is 9.11. The van der Waals surface area contributed by atoms with Gasteiger partial charge in [0.2, 0.25) is 5.82 Å². The van der Waals surface area contributed by atoms with Gasteiger partial charge in [-0.1, -0.05) is 5.16 Å². The van der Waals surface area contributed by atoms with E-state index in [9.17, 15) is 0 Å². The summed E-state index contributed by atoms with van der Waals surface area (Å²) in [5.41, 5.74) is 0.649. The largest absolute Gasteiger partial charge is 0.338 e. The molecule has 0 amide bonds. The van der Waals surface area contributed by atoms with Gasteiger partial charge in [-0.2, -0.15) is 4.98 Å². The maximum atomic E-state index is 5.00. The molecule has 5 nitrogen and oxygen atoms in total. The Hall–Kier alpha value is -0.950. The SMILES string of the molecule is CCNc1nc(-c2ncc(Br)cc2Br)no1. The van der Waals surface area contributed by atoms with Gasteiger partial charge < -0.3 is 9.84 Å². The van der Waals surface area contributed by atoms with Crippen molar-refractivity contribution in [3.63, 3.8) is 0 Å². The van der Waals surface area contributed by atoms with Crippen molar-refractivity contribution in [1.29, 1.82) is 0 Å². The Labute approximate surface area is 109 Å². The predicted molar refractivity (Wildman–Crippen MR) is 67.1 cm³/mol. The van der Waals surface area contributed by atoms with E-state index in [-0.39, 0.29) is 0 Å². The number of pyridine rings is 1. The molecule has 0 saturated heterocycles. The second kappa shape index (κ2) is 4.92. The number of halogens is 2. The topological polar surface area (TPSA) is 63.8 Å². The number of nitrogens with one attached hydrogen (secondary N) is 1. The van der Waals surface area contributed by atoms with Crippen LogP contribution in [0.1, 0.15) is 6.92 Å². The van der Waals surface area contributed by atoms with Gasteiger partial charge in [0, 0.05) is 21.7 Å². The van der Waals surface area contributed by atoms with Crippen LogP contribution in [0.5, 0.6) is 0 Å². The molecular formula is C9H8Br2N4O. The van der Waals surface area contributed by atoms with Gasteiger partial charge in [-0.3, -0.25) is 4.98 Å². The molecule has 2 aromatic heterocycles. The molecule has 1 N–H and O–H groups in total. The van der Waals surface area contributed by atoms with Crippen LogP contribution in [-0.4, -0.2) is 21.7 Å². The third-order valence-corrected chi connectivity index (χ3v) is 2.81. The van der Waals surface area contributed by atoms with Gasteiger partial charge >= 0.3 is 6.01 Å². The van der Waals surface area contributed by atoms with E-state index in [0.717, 1.165) is 15.5 Å². The third-order valence-electron chi connectivity index (χ3n) is 1.77. The first-order chi connectivity index (χ1) is 7.70. The van der Waals surface area contributed by atoms with Crippen molar-refractivity contribution < 1.29 is 4.52 Å². The first-order valence-corrected chi connectivity index (χ1v) is 6.18. The zero-order valence-corrected chi connectivity index (χ0v) is 11.5. The summed E-state index contributed by atoms with van der Waals surface area (Å²) in [6.07, 6.45) is 1.68. The monoisotopic (exact) mass is 346 g/mol. The Bertz CT molecular complexity index is 500. The standard InChI is InChI=1S/C9H8Br2N4O/c1-2-12-9-14-8(15-16-9)7-6(11)3-5(10)4-13-7/h3-4H,2H2,1H3,(H,12,14,15). The molecule has 0 aliphatic carbocycles. The number of nitrogens with zero attached hydrogens (tertiary/aromatic N) is 3. The Morgan fingerprint density at radius 1 is 1.44 bits per heavy atom. The van der Waals surface area contributed by atoms with Gasteiger partial charge in [0.1, 0.15) is 5.69 Å². The quantitative estimate of drug-likeness (QED) is 0.924. The summed E-state index contributed by atoms with van der Waals surface area (Å²) >= 11 is 6.73. The van der Waals surface area contributed by atoms with Crippen LogP contribution >= 0.6 is 31.9 Å². The summed E-state index contributed by atoms with van der Waals surface area (Å²) in [6.45, 7) is 2.69. The van der Waals surface area contributed by atoms with Crippen molar-refractivity contribution in [2.24, 2.45) is 0 Å². The first kappa shape index (κ1) is 11.5. The van der Waals surface area contributed by atoms with Crippen molar-refractivity contribution in [2.75, 3.05) is 11.9 Å². The van der Waals surface area contributed by atoms with Crippen molar-refractivity contribution in [3.8, 4) is 11.5 Å². The molecule has 0 spiro atoms. The van der Waals surface area contributed by atoms with Crippen molar-refractivity contribution >= 4 is 37.9 Å². The van der Waals surface area contributed by atoms with Crippen LogP contribution in [-0.2, 0) is 0 Å². The fourth-order valence-electron chi connectivity index (χ4n) is 1.12. The predicted octanol–water partition coefficient (Wildman–Crippen LogP) is 3.09. The van der Waals surface area contributed by atoms with Crippen LogP contribution in [0.4, 0.5) is 6.01 Å². The second-order valence-electron chi connectivity index (χ2n) is 2.94. The number of hydrogen-bond acceptors (Lipinski definition) is 5. The van der Waals surface area contributed by atoms with E-state index in [0.29, 0.717) is 17.5 Å². The highest BCUT2D eigenvalue weighted by Crippen LogP contribution is 2.26. The molecule has 0 unspecified atom stereocenters. The van der Waals surface area contributed by atoms with Gasteiger partial charge in [0.25, 0.3) is 0 Å². The average molecular weight is 348 g/mol. The average Bonchev–Trinajstić information content (AvgIpc) is 2.67. The fourth-order valence-corrected chi connectivity index (χ4v) is 2.29. The molecule has 0 atom stereocenters. The van der Waals surface area contributed by atoms with Gasteiger partial charge in [-0.05, 0) is 44.8 Å². The van der Waals surface area contributed by atoms with Crippen molar-refractivity contribution in [2.45, 2.75) is 6.92 Å². The van der Waals surface area contributed by atoms with Crippen LogP contribution < -0.4 is 5.32 Å². The number of hydrogen-bond donors (Lipinski definition) is 1. The van der Waals surface area contributed by atoms with E-state index in [1.165, 1.54) is 0 Å². The highest BCUT2D eigenvalue weighted by Gasteiger charge is 2.12. The minimum Gasteiger partial charge on any atom is -0.338 e. The lowest BCUT2D eigenvalue weighted by Gasteiger charge is -1.97. The molecule has 2 rings (SSSR count). The molecule has 84 valence electrons. The number of anilines is 1. The van der Waals surface area contributed by atoms with E-state index >= 15 is 0 Å². The lowest BCUT2D eigenvalue weighted by molar-refractivity contribution is 0.432. The van der Waals surface area contributed by atoms with Crippen molar-refractivity contribution in [3.05, 3.63) is 21.2 Å². The summed E-state index contributed by atoms with van der Waals surface area (Å²) in [6, 6.07) is 2.28. The molecule has 0 aliphatic heterocycles. The van der Waals surface area contributed by atoms with Gasteiger partial charge in [-0.25, -0.2) is 0 Å². The van der Waals surface area contributed by atoms with Gasteiger partial charge in [0.05, 0.1) is 0 Å². The summed E-state index contributed by atoms with van der Waals surface area (Å²) in [4.78, 5) is 8.38. The Morgan fingerprint density at radius 3 is 2.94 bits per heavy atom. The molecular weight excluding hydrogens is 340 g/mol. The van der Waals surface area contributed by atoms with Gasteiger partial charge in [0.15, 0.2) is 0 Å². The number of aromatic nitrogens is 3. The minimum absolute atomic E-state index is 0.397. The van der Waals surface area contributed by atoms with Crippen LogP contribution in [0, 0.1) is 0 Å². The normalized spacial score (nSPS) is 10.4. The summed E-state index contributed by atoms with van der Waals surface area (Å²) < 4.78 is 6.70. The van der Waals surface area contributed by atoms with Crippen LogP contribution in [0.2, 0.25) is 0 Å². The molecule has 0 radical (unpaired) electrons. The van der Waals surface area contributed by atoms with E-state index in [1.807, 2.05) is 13.0 Å². The Morgan fingerprint density at radius 2 is 2.25 bits per heavy atom. The molecule has 0 saturated carbocycles. The molecule has 2 heterocycles. The first-order valence-electron chi connectivity index (χ1n) is 4.59. The maximum Gasteiger partial charge on any atom is 0.321 e. The zero-order chi connectivity index (χ0) is 11.5. The van der Waals surface area contributed by atoms with E-state index in [1.54, 1.807) is 6.20 Å². The van der Waals surface area contributed by atoms with Crippen LogP contribution in [0.15, 0.2) is 25.7 Å². The summed E-state index contributed by atoms with van der Waals surface area (Å²) in [5, 5.41) is 6.78. The molecule has 2 aromatic rings. The Kier molecular flexibility index (Phi) is 3.55. The fraction of sp³-hybridized carbons (Fsp3) is 0.222. The highest BCUT2D eigenvalue weighted by atomic mass is 79.9. The Balaban J connectivity index is 2.35. The van der Waals surface area contributed by atoms with E-state index in [2.05, 4.69) is 52.3 Å². The lowest BCUT2D eigenvalue weighted by Crippen LogP contribution is -1.96. The smallest absolute Gasteiger partial charge is 0.321 e. The van der Waals surface area contributed by atoms with Gasteiger partial charge in [-0.15, -0.1) is 0 Å². The molecule has 0 bridgehead atoms. The third kappa shape index (κ3) is 2.41. The van der Waals surface area contributed by atoms with Crippen molar-refractivity contribution in [1.82, 2.24) is 15.1 Å².